The molecule has 51 heavy (non-hydrogen) atoms. The number of ether oxygens (including phenoxy) is 1. The number of para-hydroxylation sites is 1. The Balaban J connectivity index is 2.26. The smallest absolute Gasteiger partial charge is 0.315 e. The van der Waals surface area contributed by atoms with Crippen LogP contribution in [0.1, 0.15) is 68.2 Å². The number of nitrogens with one attached hydrogen (secondary N) is 4. The van der Waals surface area contributed by atoms with Crippen molar-refractivity contribution in [2.24, 2.45) is 22.7 Å². The van der Waals surface area contributed by atoms with Crippen LogP contribution in [0.15, 0.2) is 30.3 Å². The first-order chi connectivity index (χ1) is 23.4. The molecule has 0 aromatic heterocycles. The second-order valence-corrected chi connectivity index (χ2v) is 17.9. The number of amides is 5. The van der Waals surface area contributed by atoms with Crippen molar-refractivity contribution in [1.29, 1.82) is 0 Å². The number of alkyl halides is 2. The second kappa shape index (κ2) is 18.4. The van der Waals surface area contributed by atoms with E-state index < -0.39 is 82.0 Å². The Bertz CT molecular complexity index is 1370. The summed E-state index contributed by atoms with van der Waals surface area (Å²) in [4.78, 5) is 56.1. The highest BCUT2D eigenvalue weighted by Crippen LogP contribution is 2.33. The van der Waals surface area contributed by atoms with E-state index >= 15 is 0 Å². The van der Waals surface area contributed by atoms with Crippen molar-refractivity contribution < 1.29 is 41.5 Å². The number of urea groups is 1. The average molecular weight is 746 g/mol. The van der Waals surface area contributed by atoms with Crippen molar-refractivity contribution in [3.05, 3.63) is 30.3 Å². The van der Waals surface area contributed by atoms with Gasteiger partial charge >= 0.3 is 6.03 Å². The minimum Gasteiger partial charge on any atom is -0.492 e. The molecule has 2 rings (SSSR count). The summed E-state index contributed by atoms with van der Waals surface area (Å²) in [5.41, 5.74) is -1.36. The highest BCUT2D eigenvalue weighted by Gasteiger charge is 2.48. The molecule has 1 aromatic rings. The van der Waals surface area contributed by atoms with E-state index in [0.717, 1.165) is 0 Å². The molecule has 1 aromatic carbocycles. The van der Waals surface area contributed by atoms with Gasteiger partial charge in [-0.15, -0.1) is 0 Å². The van der Waals surface area contributed by atoms with Crippen LogP contribution in [0.2, 0.25) is 0 Å². The van der Waals surface area contributed by atoms with Crippen molar-refractivity contribution in [1.82, 2.24) is 30.5 Å². The number of rotatable bonds is 16. The molecule has 0 aliphatic carbocycles. The van der Waals surface area contributed by atoms with E-state index in [0.29, 0.717) is 12.2 Å². The molecule has 5 N–H and O–H groups in total. The molecule has 1 aliphatic heterocycles. The third kappa shape index (κ3) is 13.6. The lowest BCUT2D eigenvalue weighted by Gasteiger charge is -2.38. The van der Waals surface area contributed by atoms with Crippen molar-refractivity contribution in [3.63, 3.8) is 0 Å². The molecule has 1 heterocycles. The third-order valence-electron chi connectivity index (χ3n) is 9.07. The average Bonchev–Trinajstić information content (AvgIpc) is 3.46. The summed E-state index contributed by atoms with van der Waals surface area (Å²) in [6.07, 6.45) is -2.19. The molecule has 0 radical (unpaired) electrons. The largest absolute Gasteiger partial charge is 0.492 e. The van der Waals surface area contributed by atoms with Crippen molar-refractivity contribution in [2.45, 2.75) is 98.8 Å². The van der Waals surface area contributed by atoms with Gasteiger partial charge in [-0.3, -0.25) is 14.4 Å². The Kier molecular flexibility index (Phi) is 15.8. The van der Waals surface area contributed by atoms with Gasteiger partial charge in [0, 0.05) is 20.0 Å². The number of nitrogens with zero attached hydrogens (tertiary/aromatic N) is 2. The minimum atomic E-state index is -3.29. The summed E-state index contributed by atoms with van der Waals surface area (Å²) >= 11 is 0. The van der Waals surface area contributed by atoms with Crippen LogP contribution >= 0.6 is 0 Å². The van der Waals surface area contributed by atoms with Crippen molar-refractivity contribution in [3.8, 4) is 5.75 Å². The standard InChI is InChI=1S/C35H58F2N6O7S/c1-22(2)24-16-18-43(28(24)31(45)39-25(20-27(36)37)30(44)38-17-19-50-23-14-12-11-13-15-23)32(46)29(35(6,7)8)41-33(47)40-26(34(3,4)5)21-42(9)51(10,48)49/h11-15,22,24-29H,16-21H2,1-10H3,(H4-,38,39,40,41,44,45,47,48,49)/p+1/t24?,25-,26+,28-,29+/m0/s1. The van der Waals surface area contributed by atoms with E-state index in [9.17, 15) is 36.7 Å². The molecule has 5 amide bonds. The molecule has 6 atom stereocenters. The van der Waals surface area contributed by atoms with E-state index in [2.05, 4.69) is 21.3 Å². The highest BCUT2D eigenvalue weighted by atomic mass is 32.3. The van der Waals surface area contributed by atoms with Gasteiger partial charge in [-0.1, -0.05) is 77.9 Å². The normalized spacial score (nSPS) is 19.6. The van der Waals surface area contributed by atoms with E-state index in [4.69, 9.17) is 4.74 Å². The molecule has 0 saturated carbocycles. The van der Waals surface area contributed by atoms with Crippen LogP contribution in [0.4, 0.5) is 13.6 Å². The maximum Gasteiger partial charge on any atom is 0.315 e. The first kappa shape index (κ1) is 43.8. The lowest BCUT2D eigenvalue weighted by Crippen LogP contribution is -2.62. The number of likely N-dealkylation sites (tertiary alicyclic amines) is 1. The van der Waals surface area contributed by atoms with Crippen LogP contribution in [0, 0.1) is 22.7 Å². The van der Waals surface area contributed by atoms with Crippen LogP contribution in [-0.4, -0.2) is 108 Å². The monoisotopic (exact) mass is 745 g/mol. The zero-order valence-corrected chi connectivity index (χ0v) is 32.4. The van der Waals surface area contributed by atoms with Gasteiger partial charge in [-0.25, -0.2) is 13.6 Å². The van der Waals surface area contributed by atoms with E-state index in [1.54, 1.807) is 45.0 Å². The summed E-state index contributed by atoms with van der Waals surface area (Å²) in [5, 5.41) is 10.7. The summed E-state index contributed by atoms with van der Waals surface area (Å²) in [6.45, 7) is 15.0. The fourth-order valence-electron chi connectivity index (χ4n) is 5.82. The maximum absolute atomic E-state index is 14.3. The number of hydrogen-bond donors (Lipinski definition) is 5. The summed E-state index contributed by atoms with van der Waals surface area (Å²) in [6, 6.07) is 3.83. The number of carbonyl (C=O) groups excluding carboxylic acids is 4. The van der Waals surface area contributed by atoms with E-state index in [-0.39, 0.29) is 38.1 Å². The minimum absolute atomic E-state index is 0.0106. The molecule has 1 fully saturated rings. The molecule has 0 spiro atoms. The highest BCUT2D eigenvalue weighted by molar-refractivity contribution is 7.94. The predicted octanol–water partition coefficient (Wildman–Crippen LogP) is 3.77. The zero-order chi connectivity index (χ0) is 38.9. The summed E-state index contributed by atoms with van der Waals surface area (Å²) < 4.78 is 56.3. The van der Waals surface area contributed by atoms with Gasteiger partial charge in [0.05, 0.1) is 19.1 Å². The number of benzene rings is 1. The zero-order valence-electron chi connectivity index (χ0n) is 31.6. The number of hydrogen-bond acceptors (Lipinski definition) is 6. The Labute approximate surface area is 302 Å². The van der Waals surface area contributed by atoms with Crippen LogP contribution in [0.3, 0.4) is 0 Å². The molecule has 0 bridgehead atoms. The second-order valence-electron chi connectivity index (χ2n) is 15.7. The number of carbonyl (C=O) groups is 4. The van der Waals surface area contributed by atoms with E-state index in [1.165, 1.54) is 22.5 Å². The topological polar surface area (TPSA) is 169 Å². The van der Waals surface area contributed by atoms with Crippen LogP contribution in [-0.2, 0) is 29.0 Å². The molecular formula is C35H59F2N6O7S+. The Morgan fingerprint density at radius 2 is 1.63 bits per heavy atom. The van der Waals surface area contributed by atoms with Gasteiger partial charge in [0.1, 0.15) is 30.5 Å². The van der Waals surface area contributed by atoms with Gasteiger partial charge in [-0.2, -0.15) is 4.55 Å². The van der Waals surface area contributed by atoms with E-state index in [1.807, 2.05) is 40.7 Å². The van der Waals surface area contributed by atoms with Gasteiger partial charge in [-0.05, 0) is 45.4 Å². The van der Waals surface area contributed by atoms with Crippen molar-refractivity contribution in [2.75, 3.05) is 39.5 Å². The molecule has 16 heteroatoms. The van der Waals surface area contributed by atoms with Gasteiger partial charge in [0.25, 0.3) is 10.4 Å². The van der Waals surface area contributed by atoms with Crippen LogP contribution in [0.25, 0.3) is 0 Å². The maximum atomic E-state index is 14.3. The summed E-state index contributed by atoms with van der Waals surface area (Å²) in [7, 11) is -1.81. The van der Waals surface area contributed by atoms with Crippen molar-refractivity contribution >= 4 is 34.2 Å². The molecule has 13 nitrogen and oxygen atoms in total. The molecule has 1 saturated heterocycles. The summed E-state index contributed by atoms with van der Waals surface area (Å²) in [5.74, 6) is -1.92. The number of likely N-dealkylation sites (N-methyl/N-ethyl adjacent to an activating group) is 1. The van der Waals surface area contributed by atoms with Gasteiger partial charge in [0.15, 0.2) is 6.26 Å². The van der Waals surface area contributed by atoms with Gasteiger partial charge in [0.2, 0.25) is 24.1 Å². The lowest BCUT2D eigenvalue weighted by molar-refractivity contribution is -0.144. The Hall–Kier alpha value is -3.37. The molecule has 1 aliphatic rings. The fourth-order valence-corrected chi connectivity index (χ4v) is 6.25. The van der Waals surface area contributed by atoms with Gasteiger partial charge < -0.3 is 30.9 Å². The first-order valence-corrected chi connectivity index (χ1v) is 19.2. The third-order valence-corrected chi connectivity index (χ3v) is 10.4. The SMILES string of the molecule is CC(C)C1CCN(C(=O)[C@@H](NC(=O)N[C@H](CN(C)[S+](C)(=O)O)C(C)(C)C)C(C)(C)C)[C@@H]1C(=O)N[C@@H](CC(F)F)C(=O)NCCOc1ccccc1. The Morgan fingerprint density at radius 3 is 2.14 bits per heavy atom. The molecule has 290 valence electrons. The van der Waals surface area contributed by atoms with Crippen LogP contribution < -0.4 is 26.0 Å². The molecule has 2 unspecified atom stereocenters. The Morgan fingerprint density at radius 1 is 1.02 bits per heavy atom. The lowest BCUT2D eigenvalue weighted by atomic mass is 9.84. The number of halogens is 2. The van der Waals surface area contributed by atoms with Crippen LogP contribution in [0.5, 0.6) is 5.75 Å². The quantitative estimate of drug-likeness (QED) is 0.127. The first-order valence-electron chi connectivity index (χ1n) is 17.3. The predicted molar refractivity (Wildman–Crippen MR) is 193 cm³/mol. The fraction of sp³-hybridized carbons (Fsp3) is 0.714. The molecular weight excluding hydrogens is 686 g/mol.